The van der Waals surface area contributed by atoms with Crippen molar-refractivity contribution in [2.75, 3.05) is 4.90 Å². The fourth-order valence-electron chi connectivity index (χ4n) is 4.42. The summed E-state index contributed by atoms with van der Waals surface area (Å²) in [6.45, 7) is 0. The Labute approximate surface area is 197 Å². The lowest BCUT2D eigenvalue weighted by molar-refractivity contribution is 0.669. The zero-order valence-electron chi connectivity index (χ0n) is 17.8. The van der Waals surface area contributed by atoms with Gasteiger partial charge in [-0.1, -0.05) is 84.4 Å². The molecule has 1 aromatic heterocycles. The summed E-state index contributed by atoms with van der Waals surface area (Å²) in [5.41, 5.74) is 7.21. The second-order valence-electron chi connectivity index (χ2n) is 7.98. The summed E-state index contributed by atoms with van der Waals surface area (Å²) in [7, 11) is 0. The fraction of sp³-hybridized carbons (Fsp3) is 0. The van der Waals surface area contributed by atoms with Crippen molar-refractivity contribution < 1.29 is 4.42 Å². The Bertz CT molecular complexity index is 1570. The molecule has 1 heterocycles. The normalized spacial score (nSPS) is 11.2. The lowest BCUT2D eigenvalue weighted by Gasteiger charge is -2.26. The number of hydrogen-bond acceptors (Lipinski definition) is 2. The lowest BCUT2D eigenvalue weighted by Crippen LogP contribution is -2.10. The van der Waals surface area contributed by atoms with Gasteiger partial charge in [-0.25, -0.2) is 0 Å². The summed E-state index contributed by atoms with van der Waals surface area (Å²) < 4.78 is 6.16. The number of benzene rings is 5. The number of rotatable bonds is 4. The summed E-state index contributed by atoms with van der Waals surface area (Å²) in [5.74, 6) is 0. The molecule has 0 aliphatic carbocycles. The maximum Gasteiger partial charge on any atom is 0.137 e. The van der Waals surface area contributed by atoms with Gasteiger partial charge in [-0.2, -0.15) is 0 Å². The highest BCUT2D eigenvalue weighted by molar-refractivity contribution is 6.31. The number of anilines is 3. The fourth-order valence-corrected chi connectivity index (χ4v) is 4.60. The molecule has 0 amide bonds. The van der Waals surface area contributed by atoms with Gasteiger partial charge < -0.3 is 9.32 Å². The average Bonchev–Trinajstić information content (AvgIpc) is 3.25. The van der Waals surface area contributed by atoms with E-state index in [1.54, 1.807) is 0 Å². The molecule has 0 atom stereocenters. The minimum atomic E-state index is 0.697. The van der Waals surface area contributed by atoms with Crippen molar-refractivity contribution in [1.82, 2.24) is 0 Å². The molecular weight excluding hydrogens is 426 g/mol. The number of furan rings is 1. The van der Waals surface area contributed by atoms with Crippen LogP contribution in [0.25, 0.3) is 33.1 Å². The molecule has 6 aromatic rings. The van der Waals surface area contributed by atoms with Crippen molar-refractivity contribution in [3.63, 3.8) is 0 Å². The van der Waals surface area contributed by atoms with E-state index in [1.165, 1.54) is 11.1 Å². The molecule has 0 saturated heterocycles. The van der Waals surface area contributed by atoms with E-state index in [1.807, 2.05) is 54.6 Å². The van der Waals surface area contributed by atoms with Crippen LogP contribution < -0.4 is 4.90 Å². The van der Waals surface area contributed by atoms with E-state index < -0.39 is 0 Å². The van der Waals surface area contributed by atoms with Crippen LogP contribution in [0.1, 0.15) is 0 Å². The van der Waals surface area contributed by atoms with Gasteiger partial charge in [-0.3, -0.25) is 0 Å². The van der Waals surface area contributed by atoms with E-state index in [-0.39, 0.29) is 0 Å². The summed E-state index contributed by atoms with van der Waals surface area (Å²) in [6.07, 6.45) is 0. The standard InChI is InChI=1S/C30H20ClNO/c31-23-10-6-11-25(20-23)32(24-18-16-22(17-19-24)21-8-2-1-3-9-21)27-13-7-15-29-30(27)26-12-4-5-14-28(26)33-29/h1-20H. The topological polar surface area (TPSA) is 16.4 Å². The quantitative estimate of drug-likeness (QED) is 0.268. The van der Waals surface area contributed by atoms with Crippen LogP contribution in [0.15, 0.2) is 126 Å². The summed E-state index contributed by atoms with van der Waals surface area (Å²) in [6, 6.07) is 41.4. The molecule has 0 bridgehead atoms. The van der Waals surface area contributed by atoms with Crippen molar-refractivity contribution in [1.29, 1.82) is 0 Å². The first-order valence-electron chi connectivity index (χ1n) is 10.9. The van der Waals surface area contributed by atoms with E-state index in [2.05, 4.69) is 71.6 Å². The molecule has 3 heteroatoms. The molecule has 33 heavy (non-hydrogen) atoms. The lowest BCUT2D eigenvalue weighted by atomic mass is 10.0. The Morgan fingerprint density at radius 1 is 0.545 bits per heavy atom. The SMILES string of the molecule is Clc1cccc(N(c2ccc(-c3ccccc3)cc2)c2cccc3oc4ccccc4c23)c1. The highest BCUT2D eigenvalue weighted by atomic mass is 35.5. The first kappa shape index (κ1) is 19.7. The highest BCUT2D eigenvalue weighted by Gasteiger charge is 2.19. The monoisotopic (exact) mass is 445 g/mol. The van der Waals surface area contributed by atoms with Gasteiger partial charge in [0, 0.05) is 21.8 Å². The third-order valence-electron chi connectivity index (χ3n) is 5.92. The van der Waals surface area contributed by atoms with Crippen LogP contribution >= 0.6 is 11.6 Å². The molecule has 0 unspecified atom stereocenters. The Hall–Kier alpha value is -4.01. The van der Waals surface area contributed by atoms with Crippen molar-refractivity contribution in [3.8, 4) is 11.1 Å². The molecular formula is C30H20ClNO. The minimum Gasteiger partial charge on any atom is -0.456 e. The van der Waals surface area contributed by atoms with Crippen LogP contribution in [0.5, 0.6) is 0 Å². The predicted molar refractivity (Wildman–Crippen MR) is 139 cm³/mol. The minimum absolute atomic E-state index is 0.697. The van der Waals surface area contributed by atoms with E-state index in [4.69, 9.17) is 16.0 Å². The van der Waals surface area contributed by atoms with Crippen LogP contribution in [-0.2, 0) is 0 Å². The van der Waals surface area contributed by atoms with Crippen molar-refractivity contribution in [2.45, 2.75) is 0 Å². The van der Waals surface area contributed by atoms with E-state index >= 15 is 0 Å². The van der Waals surface area contributed by atoms with Crippen molar-refractivity contribution in [2.24, 2.45) is 0 Å². The molecule has 0 N–H and O–H groups in total. The Morgan fingerprint density at radius 3 is 2.06 bits per heavy atom. The van der Waals surface area contributed by atoms with Crippen LogP contribution in [0.4, 0.5) is 17.1 Å². The maximum absolute atomic E-state index is 6.42. The van der Waals surface area contributed by atoms with Crippen LogP contribution in [0.3, 0.4) is 0 Å². The van der Waals surface area contributed by atoms with Gasteiger partial charge >= 0.3 is 0 Å². The number of nitrogens with zero attached hydrogens (tertiary/aromatic N) is 1. The maximum atomic E-state index is 6.42. The van der Waals surface area contributed by atoms with Gasteiger partial charge in [-0.15, -0.1) is 0 Å². The summed E-state index contributed by atoms with van der Waals surface area (Å²) in [4.78, 5) is 2.24. The van der Waals surface area contributed by atoms with Crippen molar-refractivity contribution >= 4 is 50.6 Å². The van der Waals surface area contributed by atoms with Gasteiger partial charge in [0.1, 0.15) is 11.2 Å². The molecule has 0 aliphatic rings. The smallest absolute Gasteiger partial charge is 0.137 e. The van der Waals surface area contributed by atoms with Gasteiger partial charge in [0.2, 0.25) is 0 Å². The van der Waals surface area contributed by atoms with Gasteiger partial charge in [-0.05, 0) is 59.7 Å². The van der Waals surface area contributed by atoms with E-state index in [0.29, 0.717) is 5.02 Å². The highest BCUT2D eigenvalue weighted by Crippen LogP contribution is 2.43. The Morgan fingerprint density at radius 2 is 1.24 bits per heavy atom. The van der Waals surface area contributed by atoms with Gasteiger partial charge in [0.05, 0.1) is 11.1 Å². The van der Waals surface area contributed by atoms with E-state index in [9.17, 15) is 0 Å². The zero-order chi connectivity index (χ0) is 22.2. The van der Waals surface area contributed by atoms with Gasteiger partial charge in [0.15, 0.2) is 0 Å². The second kappa shape index (κ2) is 8.16. The summed E-state index contributed by atoms with van der Waals surface area (Å²) in [5, 5.41) is 2.87. The Kier molecular flexibility index (Phi) is 4.86. The number of fused-ring (bicyclic) bond motifs is 3. The summed E-state index contributed by atoms with van der Waals surface area (Å²) >= 11 is 6.42. The second-order valence-corrected chi connectivity index (χ2v) is 8.41. The third-order valence-corrected chi connectivity index (χ3v) is 6.16. The number of halogens is 1. The van der Waals surface area contributed by atoms with E-state index in [0.717, 1.165) is 39.0 Å². The molecule has 0 radical (unpaired) electrons. The third kappa shape index (κ3) is 3.55. The van der Waals surface area contributed by atoms with Gasteiger partial charge in [0.25, 0.3) is 0 Å². The molecule has 5 aromatic carbocycles. The zero-order valence-corrected chi connectivity index (χ0v) is 18.5. The molecule has 0 saturated carbocycles. The first-order chi connectivity index (χ1) is 16.3. The molecule has 0 spiro atoms. The van der Waals surface area contributed by atoms with Crippen molar-refractivity contribution in [3.05, 3.63) is 126 Å². The van der Waals surface area contributed by atoms with Crippen LogP contribution in [0, 0.1) is 0 Å². The molecule has 2 nitrogen and oxygen atoms in total. The Balaban J connectivity index is 1.57. The molecule has 158 valence electrons. The number of para-hydroxylation sites is 1. The molecule has 6 rings (SSSR count). The first-order valence-corrected chi connectivity index (χ1v) is 11.3. The predicted octanol–water partition coefficient (Wildman–Crippen LogP) is 9.38. The average molecular weight is 446 g/mol. The largest absolute Gasteiger partial charge is 0.456 e. The van der Waals surface area contributed by atoms with Crippen LogP contribution in [0.2, 0.25) is 5.02 Å². The molecule has 0 aliphatic heterocycles. The van der Waals surface area contributed by atoms with Crippen LogP contribution in [-0.4, -0.2) is 0 Å². The molecule has 0 fully saturated rings. The number of hydrogen-bond donors (Lipinski definition) is 0.